The zero-order chi connectivity index (χ0) is 14.1. The number of alkyl halides is 6. The Hall–Kier alpha value is 0.283. The molecule has 0 rings (SSSR count). The predicted molar refractivity (Wildman–Crippen MR) is 37.9 cm³/mol. The van der Waals surface area contributed by atoms with E-state index in [0.717, 1.165) is 0 Å². The molecule has 0 N–H and O–H groups in total. The van der Waals surface area contributed by atoms with Crippen molar-refractivity contribution in [3.63, 3.8) is 0 Å². The number of rotatable bonds is 4. The van der Waals surface area contributed by atoms with Crippen molar-refractivity contribution >= 4 is 44.4 Å². The van der Waals surface area contributed by atoms with Crippen molar-refractivity contribution in [3.05, 3.63) is 0 Å². The first-order valence-corrected chi connectivity index (χ1v) is 8.56. The van der Waals surface area contributed by atoms with Crippen molar-refractivity contribution in [2.24, 2.45) is 0 Å². The zero-order valence-corrected chi connectivity index (χ0v) is 12.1. The molecule has 0 fully saturated rings. The van der Waals surface area contributed by atoms with Gasteiger partial charge in [0.2, 0.25) is 0 Å². The predicted octanol–water partition coefficient (Wildman–Crippen LogP) is 0.253. The average molecular weight is 507 g/mol. The molecule has 0 aliphatic carbocycles. The van der Waals surface area contributed by atoms with Crippen LogP contribution in [0, 0.1) is 0 Å². The van der Waals surface area contributed by atoms with Gasteiger partial charge in [-0.05, 0) is 0 Å². The normalized spacial score (nSPS) is 14.9. The standard InChI is InChI=1S/2CHF3O3S.Bi/c2*2-1(3,4)8(5,6)7;/h2*(H,5,6,7);/q;;+2/p-2. The van der Waals surface area contributed by atoms with Crippen molar-refractivity contribution in [3.8, 4) is 0 Å². The molecule has 0 aliphatic heterocycles. The van der Waals surface area contributed by atoms with E-state index in [1.807, 2.05) is 0 Å². The second kappa shape index (κ2) is 5.11. The minimum absolute atomic E-state index is 3.05. The van der Waals surface area contributed by atoms with E-state index in [4.69, 9.17) is 0 Å². The molecular formula is C2BiF6O6S2. The molecule has 0 saturated heterocycles. The van der Waals surface area contributed by atoms with Gasteiger partial charge in [0.15, 0.2) is 0 Å². The van der Waals surface area contributed by atoms with Gasteiger partial charge in [0.1, 0.15) is 0 Å². The van der Waals surface area contributed by atoms with E-state index < -0.39 is 55.4 Å². The molecule has 0 aromatic rings. The third-order valence-electron chi connectivity index (χ3n) is 0.824. The first kappa shape index (κ1) is 17.3. The first-order chi connectivity index (χ1) is 7.21. The molecule has 6 nitrogen and oxygen atoms in total. The van der Waals surface area contributed by atoms with Crippen LogP contribution in [0.4, 0.5) is 26.3 Å². The van der Waals surface area contributed by atoms with Crippen LogP contribution in [0.1, 0.15) is 0 Å². The van der Waals surface area contributed by atoms with Crippen molar-refractivity contribution < 1.29 is 47.7 Å². The Bertz CT molecular complexity index is 414. The maximum absolute atomic E-state index is 11.6. The van der Waals surface area contributed by atoms with Crippen LogP contribution in [-0.2, 0) is 24.8 Å². The van der Waals surface area contributed by atoms with Gasteiger partial charge in [-0.25, -0.2) is 0 Å². The fraction of sp³-hybridized carbons (Fsp3) is 1.00. The van der Waals surface area contributed by atoms with Crippen LogP contribution in [0.25, 0.3) is 0 Å². The van der Waals surface area contributed by atoms with Gasteiger partial charge in [-0.2, -0.15) is 0 Å². The molecule has 17 heavy (non-hydrogen) atoms. The number of hydrogen-bond donors (Lipinski definition) is 0. The van der Waals surface area contributed by atoms with Crippen LogP contribution in [-0.4, -0.2) is 52.0 Å². The van der Waals surface area contributed by atoms with E-state index in [2.05, 4.69) is 4.52 Å². The van der Waals surface area contributed by atoms with Gasteiger partial charge in [0.05, 0.1) is 0 Å². The Morgan fingerprint density at radius 2 is 0.941 bits per heavy atom. The molecule has 0 saturated carbocycles. The molecule has 0 amide bonds. The summed E-state index contributed by atoms with van der Waals surface area (Å²) < 4.78 is 116. The third kappa shape index (κ3) is 4.81. The van der Waals surface area contributed by atoms with E-state index in [1.165, 1.54) is 0 Å². The number of halogens is 6. The molecule has 0 unspecified atom stereocenters. The molecule has 0 aromatic carbocycles. The molecule has 103 valence electrons. The second-order valence-corrected chi connectivity index (χ2v) is 9.12. The van der Waals surface area contributed by atoms with E-state index >= 15 is 0 Å². The van der Waals surface area contributed by atoms with E-state index in [-0.39, 0.29) is 0 Å². The Kier molecular flexibility index (Phi) is 5.19. The Labute approximate surface area is 103 Å². The fourth-order valence-electron chi connectivity index (χ4n) is 0.177. The molecule has 0 bridgehead atoms. The number of hydrogen-bond acceptors (Lipinski definition) is 6. The summed E-state index contributed by atoms with van der Waals surface area (Å²) >= 11 is -3.96. The van der Waals surface area contributed by atoms with Crippen molar-refractivity contribution in [1.82, 2.24) is 0 Å². The van der Waals surface area contributed by atoms with Crippen LogP contribution in [0.3, 0.4) is 0 Å². The van der Waals surface area contributed by atoms with E-state index in [1.54, 1.807) is 0 Å². The molecule has 0 atom stereocenters. The van der Waals surface area contributed by atoms with Crippen LogP contribution in [0.15, 0.2) is 0 Å². The van der Waals surface area contributed by atoms with Crippen LogP contribution >= 0.6 is 0 Å². The van der Waals surface area contributed by atoms with Gasteiger partial charge >= 0.3 is 103 Å². The molecule has 0 aliphatic rings. The van der Waals surface area contributed by atoms with E-state index in [9.17, 15) is 43.2 Å². The molecule has 0 aromatic heterocycles. The molecule has 0 heterocycles. The third-order valence-corrected chi connectivity index (χ3v) is 8.47. The topological polar surface area (TPSA) is 86.7 Å². The molecule has 15 heteroatoms. The van der Waals surface area contributed by atoms with Gasteiger partial charge in [-0.15, -0.1) is 0 Å². The second-order valence-electron chi connectivity index (χ2n) is 2.02. The van der Waals surface area contributed by atoms with Crippen LogP contribution in [0.5, 0.6) is 0 Å². The summed E-state index contributed by atoms with van der Waals surface area (Å²) in [6.07, 6.45) is 0. The summed E-state index contributed by atoms with van der Waals surface area (Å²) in [5.41, 5.74) is -11.7. The van der Waals surface area contributed by atoms with Gasteiger partial charge in [0.25, 0.3) is 0 Å². The van der Waals surface area contributed by atoms with Crippen molar-refractivity contribution in [1.29, 1.82) is 0 Å². The van der Waals surface area contributed by atoms with Gasteiger partial charge in [0, 0.05) is 0 Å². The summed E-state index contributed by atoms with van der Waals surface area (Å²) in [5, 5.41) is 0. The summed E-state index contributed by atoms with van der Waals surface area (Å²) in [6, 6.07) is 0. The Morgan fingerprint density at radius 3 is 1.12 bits per heavy atom. The molecular weight excluding hydrogens is 507 g/mol. The summed E-state index contributed by atoms with van der Waals surface area (Å²) in [5.74, 6) is 0. The summed E-state index contributed by atoms with van der Waals surface area (Å²) in [4.78, 5) is 0. The average Bonchev–Trinajstić information content (AvgIpc) is 1.98. The Morgan fingerprint density at radius 1 is 0.706 bits per heavy atom. The molecule has 1 radical (unpaired) electrons. The van der Waals surface area contributed by atoms with Crippen molar-refractivity contribution in [2.75, 3.05) is 0 Å². The Balaban J connectivity index is 4.58. The monoisotopic (exact) mass is 507 g/mol. The fourth-order valence-corrected chi connectivity index (χ4v) is 5.32. The molecule has 0 spiro atoms. The van der Waals surface area contributed by atoms with Gasteiger partial charge in [-0.1, -0.05) is 0 Å². The van der Waals surface area contributed by atoms with Gasteiger partial charge in [-0.3, -0.25) is 0 Å². The quantitative estimate of drug-likeness (QED) is 0.309. The van der Waals surface area contributed by atoms with Gasteiger partial charge < -0.3 is 0 Å². The maximum atomic E-state index is 11.6. The zero-order valence-electron chi connectivity index (χ0n) is 6.98. The SMILES string of the molecule is O=S(=O)([O][Bi][O]S(=O)(=O)C(F)(F)F)C(F)(F)F. The van der Waals surface area contributed by atoms with Crippen LogP contribution in [0.2, 0.25) is 0 Å². The van der Waals surface area contributed by atoms with Crippen LogP contribution < -0.4 is 0 Å². The summed E-state index contributed by atoms with van der Waals surface area (Å²) in [6.45, 7) is 0. The van der Waals surface area contributed by atoms with Crippen molar-refractivity contribution in [2.45, 2.75) is 11.0 Å². The minimum atomic E-state index is -6.14. The van der Waals surface area contributed by atoms with E-state index in [0.29, 0.717) is 0 Å². The first-order valence-electron chi connectivity index (χ1n) is 2.91. The summed E-state index contributed by atoms with van der Waals surface area (Å²) in [7, 11) is -12.3.